The van der Waals surface area contributed by atoms with E-state index in [2.05, 4.69) is 38.2 Å². The van der Waals surface area contributed by atoms with Gasteiger partial charge >= 0.3 is 6.18 Å². The summed E-state index contributed by atoms with van der Waals surface area (Å²) in [4.78, 5) is 0. The van der Waals surface area contributed by atoms with E-state index in [0.717, 1.165) is 18.4 Å². The number of hydrogen-bond acceptors (Lipinski definition) is 1. The van der Waals surface area contributed by atoms with Gasteiger partial charge in [-0.1, -0.05) is 56.3 Å². The molecule has 0 aliphatic heterocycles. The predicted molar refractivity (Wildman–Crippen MR) is 96.2 cm³/mol. The average Bonchev–Trinajstić information content (AvgIpc) is 2.58. The predicted octanol–water partition coefficient (Wildman–Crippen LogP) is 6.53. The van der Waals surface area contributed by atoms with Crippen LogP contribution in [0.15, 0.2) is 54.6 Å². The molecule has 1 nitrogen and oxygen atoms in total. The van der Waals surface area contributed by atoms with Crippen LogP contribution in [0.1, 0.15) is 62.4 Å². The van der Waals surface area contributed by atoms with Gasteiger partial charge in [-0.2, -0.15) is 13.2 Å². The molecule has 0 saturated heterocycles. The van der Waals surface area contributed by atoms with Crippen LogP contribution < -0.4 is 5.32 Å². The summed E-state index contributed by atoms with van der Waals surface area (Å²) in [6.45, 7) is 6.40. The molecule has 0 saturated carbocycles. The molecule has 0 fully saturated rings. The van der Waals surface area contributed by atoms with E-state index in [1.54, 1.807) is 12.1 Å². The fourth-order valence-corrected chi connectivity index (χ4v) is 2.89. The Morgan fingerprint density at radius 1 is 0.800 bits per heavy atom. The Balaban J connectivity index is 2.17. The van der Waals surface area contributed by atoms with Gasteiger partial charge in [0, 0.05) is 12.1 Å². The Labute approximate surface area is 148 Å². The van der Waals surface area contributed by atoms with E-state index in [1.807, 2.05) is 18.2 Å². The van der Waals surface area contributed by atoms with Crippen molar-refractivity contribution >= 4 is 0 Å². The Hall–Kier alpha value is -1.81. The molecule has 0 bridgehead atoms. The standard InChI is InChI=1S/C21H26F3N/c1-15(2)9-14-20(25-16(3)17-7-5-4-6-8-17)18-10-12-19(13-11-18)21(22,23)24/h4-8,10-13,15-16,20,25H,9,14H2,1-3H3/t16-,20?/m0/s1. The molecule has 0 aliphatic rings. The molecule has 2 atom stereocenters. The molecule has 4 heteroatoms. The summed E-state index contributed by atoms with van der Waals surface area (Å²) in [5.41, 5.74) is 1.47. The fraction of sp³-hybridized carbons (Fsp3) is 0.429. The van der Waals surface area contributed by atoms with Crippen molar-refractivity contribution in [3.8, 4) is 0 Å². The van der Waals surface area contributed by atoms with Gasteiger partial charge in [0.15, 0.2) is 0 Å². The lowest BCUT2D eigenvalue weighted by Gasteiger charge is -2.25. The Morgan fingerprint density at radius 2 is 1.40 bits per heavy atom. The van der Waals surface area contributed by atoms with Gasteiger partial charge in [0.2, 0.25) is 0 Å². The van der Waals surface area contributed by atoms with E-state index in [1.165, 1.54) is 17.7 Å². The minimum Gasteiger partial charge on any atom is -0.303 e. The molecule has 0 amide bonds. The Kier molecular flexibility index (Phi) is 6.65. The smallest absolute Gasteiger partial charge is 0.303 e. The Morgan fingerprint density at radius 3 is 1.92 bits per heavy atom. The maximum Gasteiger partial charge on any atom is 0.416 e. The third kappa shape index (κ3) is 5.89. The number of rotatable bonds is 7. The number of hydrogen-bond donors (Lipinski definition) is 1. The molecule has 0 radical (unpaired) electrons. The van der Waals surface area contributed by atoms with E-state index in [4.69, 9.17) is 0 Å². The van der Waals surface area contributed by atoms with Crippen LogP contribution in [0, 0.1) is 5.92 Å². The summed E-state index contributed by atoms with van der Waals surface area (Å²) in [5.74, 6) is 0.547. The molecule has 0 spiro atoms. The van der Waals surface area contributed by atoms with Crippen LogP contribution >= 0.6 is 0 Å². The van der Waals surface area contributed by atoms with Crippen LogP contribution in [0.3, 0.4) is 0 Å². The van der Waals surface area contributed by atoms with Crippen molar-refractivity contribution in [2.75, 3.05) is 0 Å². The van der Waals surface area contributed by atoms with Crippen LogP contribution in [0.25, 0.3) is 0 Å². The highest BCUT2D eigenvalue weighted by molar-refractivity contribution is 5.27. The van der Waals surface area contributed by atoms with E-state index in [9.17, 15) is 13.2 Å². The molecule has 25 heavy (non-hydrogen) atoms. The first kappa shape index (κ1) is 19.5. The highest BCUT2D eigenvalue weighted by atomic mass is 19.4. The molecule has 1 N–H and O–H groups in total. The first-order chi connectivity index (χ1) is 11.8. The third-order valence-electron chi connectivity index (χ3n) is 4.42. The van der Waals surface area contributed by atoms with Gasteiger partial charge in [0.1, 0.15) is 0 Å². The molecule has 0 aromatic heterocycles. The topological polar surface area (TPSA) is 12.0 Å². The van der Waals surface area contributed by atoms with Crippen molar-refractivity contribution in [2.45, 2.75) is 51.9 Å². The second-order valence-electron chi connectivity index (χ2n) is 6.94. The number of alkyl halides is 3. The van der Waals surface area contributed by atoms with Gasteiger partial charge in [0.05, 0.1) is 5.56 Å². The fourth-order valence-electron chi connectivity index (χ4n) is 2.89. The maximum atomic E-state index is 12.8. The molecule has 2 aromatic carbocycles. The summed E-state index contributed by atoms with van der Waals surface area (Å²) in [7, 11) is 0. The second kappa shape index (κ2) is 8.52. The van der Waals surface area contributed by atoms with Crippen LogP contribution in [0.5, 0.6) is 0 Å². The number of halogens is 3. The van der Waals surface area contributed by atoms with Gasteiger partial charge in [-0.05, 0) is 48.9 Å². The van der Waals surface area contributed by atoms with Crippen molar-refractivity contribution in [3.63, 3.8) is 0 Å². The van der Waals surface area contributed by atoms with Gasteiger partial charge in [-0.3, -0.25) is 0 Å². The van der Waals surface area contributed by atoms with E-state index in [0.29, 0.717) is 5.92 Å². The summed E-state index contributed by atoms with van der Waals surface area (Å²) in [5, 5.41) is 3.58. The van der Waals surface area contributed by atoms with E-state index in [-0.39, 0.29) is 12.1 Å². The van der Waals surface area contributed by atoms with Crippen molar-refractivity contribution < 1.29 is 13.2 Å². The molecular weight excluding hydrogens is 323 g/mol. The third-order valence-corrected chi connectivity index (χ3v) is 4.42. The normalized spacial score (nSPS) is 14.5. The molecule has 0 heterocycles. The Bertz CT molecular complexity index is 632. The second-order valence-corrected chi connectivity index (χ2v) is 6.94. The average molecular weight is 349 g/mol. The van der Waals surface area contributed by atoms with E-state index >= 15 is 0 Å². The molecule has 2 rings (SSSR count). The zero-order valence-electron chi connectivity index (χ0n) is 15.0. The van der Waals surface area contributed by atoms with Crippen molar-refractivity contribution in [2.24, 2.45) is 5.92 Å². The minimum atomic E-state index is -4.29. The lowest BCUT2D eigenvalue weighted by molar-refractivity contribution is -0.137. The summed E-state index contributed by atoms with van der Waals surface area (Å²) in [6, 6.07) is 15.8. The molecule has 2 aromatic rings. The lowest BCUT2D eigenvalue weighted by atomic mass is 9.95. The van der Waals surface area contributed by atoms with Crippen molar-refractivity contribution in [1.29, 1.82) is 0 Å². The van der Waals surface area contributed by atoms with Gasteiger partial charge in [-0.25, -0.2) is 0 Å². The minimum absolute atomic E-state index is 0.0277. The molecule has 136 valence electrons. The molecular formula is C21H26F3N. The number of nitrogens with one attached hydrogen (secondary N) is 1. The van der Waals surface area contributed by atoms with Crippen LogP contribution in [-0.2, 0) is 6.18 Å². The van der Waals surface area contributed by atoms with Crippen LogP contribution in [0.2, 0.25) is 0 Å². The van der Waals surface area contributed by atoms with Crippen molar-refractivity contribution in [1.82, 2.24) is 5.32 Å². The number of benzene rings is 2. The first-order valence-corrected chi connectivity index (χ1v) is 8.75. The summed E-state index contributed by atoms with van der Waals surface area (Å²) in [6.07, 6.45) is -2.39. The summed E-state index contributed by atoms with van der Waals surface area (Å²) >= 11 is 0. The zero-order valence-corrected chi connectivity index (χ0v) is 15.0. The van der Waals surface area contributed by atoms with Gasteiger partial charge < -0.3 is 5.32 Å². The van der Waals surface area contributed by atoms with Gasteiger partial charge in [0.25, 0.3) is 0 Å². The largest absolute Gasteiger partial charge is 0.416 e. The maximum absolute atomic E-state index is 12.8. The monoisotopic (exact) mass is 349 g/mol. The lowest BCUT2D eigenvalue weighted by Crippen LogP contribution is -2.25. The van der Waals surface area contributed by atoms with E-state index < -0.39 is 11.7 Å². The molecule has 1 unspecified atom stereocenters. The SMILES string of the molecule is CC(C)CCC(N[C@@H](C)c1ccccc1)c1ccc(C(F)(F)F)cc1. The highest BCUT2D eigenvalue weighted by Gasteiger charge is 2.30. The first-order valence-electron chi connectivity index (χ1n) is 8.75. The molecule has 0 aliphatic carbocycles. The van der Waals surface area contributed by atoms with Crippen LogP contribution in [0.4, 0.5) is 13.2 Å². The quantitative estimate of drug-likeness (QED) is 0.599. The van der Waals surface area contributed by atoms with Gasteiger partial charge in [-0.15, -0.1) is 0 Å². The van der Waals surface area contributed by atoms with Crippen LogP contribution in [-0.4, -0.2) is 0 Å². The summed E-state index contributed by atoms with van der Waals surface area (Å²) < 4.78 is 38.4. The highest BCUT2D eigenvalue weighted by Crippen LogP contribution is 2.31. The van der Waals surface area contributed by atoms with Crippen molar-refractivity contribution in [3.05, 3.63) is 71.3 Å². The zero-order chi connectivity index (χ0) is 18.4.